The van der Waals surface area contributed by atoms with Gasteiger partial charge in [0.2, 0.25) is 0 Å². The lowest BCUT2D eigenvalue weighted by Crippen LogP contribution is -2.38. The summed E-state index contributed by atoms with van der Waals surface area (Å²) in [5.41, 5.74) is 6.14. The zero-order valence-electron chi connectivity index (χ0n) is 13.0. The first kappa shape index (κ1) is 15.9. The van der Waals surface area contributed by atoms with Crippen LogP contribution in [-0.4, -0.2) is 27.9 Å². The lowest BCUT2D eigenvalue weighted by Gasteiger charge is -2.38. The molecule has 118 valence electrons. The van der Waals surface area contributed by atoms with Crippen molar-refractivity contribution in [3.8, 4) is 17.2 Å². The van der Waals surface area contributed by atoms with E-state index in [4.69, 9.17) is 19.9 Å². The van der Waals surface area contributed by atoms with E-state index in [0.29, 0.717) is 23.6 Å². The molecule has 21 heavy (non-hydrogen) atoms. The molecular formula is C16H24FNO3. The largest absolute Gasteiger partial charge is 0.494 e. The molecule has 0 amide bonds. The lowest BCUT2D eigenvalue weighted by atomic mass is 9.68. The zero-order chi connectivity index (χ0) is 15.5. The second kappa shape index (κ2) is 6.52. The van der Waals surface area contributed by atoms with Crippen LogP contribution in [0.2, 0.25) is 0 Å². The van der Waals surface area contributed by atoms with E-state index in [2.05, 4.69) is 0 Å². The molecular weight excluding hydrogens is 273 g/mol. The summed E-state index contributed by atoms with van der Waals surface area (Å²) in [5.74, 6) is 0.691. The average molecular weight is 297 g/mol. The van der Waals surface area contributed by atoms with Crippen LogP contribution >= 0.6 is 0 Å². The second-order valence-corrected chi connectivity index (χ2v) is 5.55. The predicted octanol–water partition coefficient (Wildman–Crippen LogP) is 3.01. The van der Waals surface area contributed by atoms with E-state index in [0.717, 1.165) is 32.1 Å². The van der Waals surface area contributed by atoms with Crippen LogP contribution in [0.25, 0.3) is 0 Å². The van der Waals surface area contributed by atoms with E-state index in [-0.39, 0.29) is 11.6 Å². The quantitative estimate of drug-likeness (QED) is 0.907. The van der Waals surface area contributed by atoms with Gasteiger partial charge >= 0.3 is 0 Å². The van der Waals surface area contributed by atoms with Crippen molar-refractivity contribution in [2.45, 2.75) is 37.5 Å². The molecule has 1 saturated carbocycles. The predicted molar refractivity (Wildman–Crippen MR) is 79.9 cm³/mol. The molecule has 5 heteroatoms. The molecule has 0 unspecified atom stereocenters. The molecule has 4 nitrogen and oxygen atoms in total. The van der Waals surface area contributed by atoms with E-state index in [1.807, 2.05) is 0 Å². The minimum atomic E-state index is -0.407. The maximum Gasteiger partial charge on any atom is 0.172 e. The SMILES string of the molecule is COc1cc(OC)c(OC)c(C2(CN)CCCCC2)c1F. The van der Waals surface area contributed by atoms with Gasteiger partial charge in [0.05, 0.1) is 21.3 Å². The molecule has 1 aliphatic rings. The molecule has 1 fully saturated rings. The Hall–Kier alpha value is -1.49. The van der Waals surface area contributed by atoms with Gasteiger partial charge in [-0.25, -0.2) is 4.39 Å². The van der Waals surface area contributed by atoms with Crippen LogP contribution in [0.1, 0.15) is 37.7 Å². The minimum Gasteiger partial charge on any atom is -0.494 e. The molecule has 0 atom stereocenters. The van der Waals surface area contributed by atoms with Gasteiger partial charge in [0.15, 0.2) is 23.1 Å². The molecule has 1 aliphatic carbocycles. The Morgan fingerprint density at radius 1 is 1.05 bits per heavy atom. The summed E-state index contributed by atoms with van der Waals surface area (Å²) in [7, 11) is 4.51. The fourth-order valence-corrected chi connectivity index (χ4v) is 3.36. The fraction of sp³-hybridized carbons (Fsp3) is 0.625. The maximum absolute atomic E-state index is 14.9. The van der Waals surface area contributed by atoms with E-state index < -0.39 is 5.41 Å². The van der Waals surface area contributed by atoms with Crippen molar-refractivity contribution in [2.75, 3.05) is 27.9 Å². The summed E-state index contributed by atoms with van der Waals surface area (Å²) < 4.78 is 30.9. The van der Waals surface area contributed by atoms with Gasteiger partial charge < -0.3 is 19.9 Å². The van der Waals surface area contributed by atoms with Gasteiger partial charge in [-0.3, -0.25) is 0 Å². The molecule has 0 heterocycles. The number of benzene rings is 1. The van der Waals surface area contributed by atoms with Crippen molar-refractivity contribution >= 4 is 0 Å². The molecule has 1 aromatic rings. The topological polar surface area (TPSA) is 53.7 Å². The summed E-state index contributed by atoms with van der Waals surface area (Å²) in [6, 6.07) is 1.52. The third kappa shape index (κ3) is 2.67. The molecule has 0 aromatic heterocycles. The van der Waals surface area contributed by atoms with E-state index in [1.54, 1.807) is 0 Å². The second-order valence-electron chi connectivity index (χ2n) is 5.55. The maximum atomic E-state index is 14.9. The van der Waals surface area contributed by atoms with Gasteiger partial charge in [0.1, 0.15) is 0 Å². The number of ether oxygens (including phenoxy) is 3. The highest BCUT2D eigenvalue weighted by atomic mass is 19.1. The third-order valence-electron chi connectivity index (χ3n) is 4.52. The van der Waals surface area contributed by atoms with E-state index >= 15 is 0 Å². The van der Waals surface area contributed by atoms with Crippen LogP contribution in [0.15, 0.2) is 6.07 Å². The Kier molecular flexibility index (Phi) is 4.93. The first-order valence-corrected chi connectivity index (χ1v) is 7.32. The molecule has 0 aliphatic heterocycles. The first-order valence-electron chi connectivity index (χ1n) is 7.32. The van der Waals surface area contributed by atoms with Crippen LogP contribution in [0, 0.1) is 5.82 Å². The highest BCUT2D eigenvalue weighted by Gasteiger charge is 2.40. The molecule has 1 aromatic carbocycles. The van der Waals surface area contributed by atoms with Crippen molar-refractivity contribution < 1.29 is 18.6 Å². The smallest absolute Gasteiger partial charge is 0.172 e. The van der Waals surface area contributed by atoms with Gasteiger partial charge in [-0.2, -0.15) is 0 Å². The van der Waals surface area contributed by atoms with Crippen LogP contribution in [0.3, 0.4) is 0 Å². The standard InChI is InChI=1S/C16H24FNO3/c1-19-11-9-12(20-2)15(21-3)13(14(11)17)16(10-18)7-5-4-6-8-16/h9H,4-8,10,18H2,1-3H3. The third-order valence-corrected chi connectivity index (χ3v) is 4.52. The van der Waals surface area contributed by atoms with Gasteiger partial charge in [-0.05, 0) is 12.8 Å². The Morgan fingerprint density at radius 3 is 2.14 bits per heavy atom. The molecule has 0 spiro atoms. The van der Waals surface area contributed by atoms with Gasteiger partial charge in [0, 0.05) is 23.6 Å². The average Bonchev–Trinajstić information content (AvgIpc) is 2.54. The number of hydrogen-bond acceptors (Lipinski definition) is 4. The summed E-state index contributed by atoms with van der Waals surface area (Å²) in [5, 5.41) is 0. The van der Waals surface area contributed by atoms with Crippen LogP contribution < -0.4 is 19.9 Å². The van der Waals surface area contributed by atoms with Crippen LogP contribution in [-0.2, 0) is 5.41 Å². The monoisotopic (exact) mass is 297 g/mol. The molecule has 2 rings (SSSR count). The number of hydrogen-bond donors (Lipinski definition) is 1. The normalized spacial score (nSPS) is 17.4. The fourth-order valence-electron chi connectivity index (χ4n) is 3.36. The number of nitrogens with two attached hydrogens (primary N) is 1. The number of rotatable bonds is 5. The van der Waals surface area contributed by atoms with Crippen LogP contribution in [0.5, 0.6) is 17.2 Å². The molecule has 0 saturated heterocycles. The lowest BCUT2D eigenvalue weighted by molar-refractivity contribution is 0.265. The van der Waals surface area contributed by atoms with E-state index in [1.165, 1.54) is 27.4 Å². The van der Waals surface area contributed by atoms with Crippen molar-refractivity contribution in [1.82, 2.24) is 0 Å². The Morgan fingerprint density at radius 2 is 1.67 bits per heavy atom. The summed E-state index contributed by atoms with van der Waals surface area (Å²) >= 11 is 0. The molecule has 2 N–H and O–H groups in total. The summed E-state index contributed by atoms with van der Waals surface area (Å²) in [4.78, 5) is 0. The Balaban J connectivity index is 2.69. The highest BCUT2D eigenvalue weighted by Crippen LogP contribution is 2.49. The van der Waals surface area contributed by atoms with E-state index in [9.17, 15) is 4.39 Å². The van der Waals surface area contributed by atoms with Gasteiger partial charge in [-0.15, -0.1) is 0 Å². The number of halogens is 1. The van der Waals surface area contributed by atoms with Crippen molar-refractivity contribution in [2.24, 2.45) is 5.73 Å². The van der Waals surface area contributed by atoms with Crippen molar-refractivity contribution in [1.29, 1.82) is 0 Å². The van der Waals surface area contributed by atoms with Crippen molar-refractivity contribution in [3.05, 3.63) is 17.4 Å². The van der Waals surface area contributed by atoms with Gasteiger partial charge in [-0.1, -0.05) is 19.3 Å². The zero-order valence-corrected chi connectivity index (χ0v) is 13.0. The first-order chi connectivity index (χ1) is 10.1. The van der Waals surface area contributed by atoms with Crippen LogP contribution in [0.4, 0.5) is 4.39 Å². The minimum absolute atomic E-state index is 0.168. The van der Waals surface area contributed by atoms with Crippen molar-refractivity contribution in [3.63, 3.8) is 0 Å². The molecule has 0 radical (unpaired) electrons. The Labute approximate surface area is 125 Å². The summed E-state index contributed by atoms with van der Waals surface area (Å²) in [6.45, 7) is 0.386. The molecule has 0 bridgehead atoms. The van der Waals surface area contributed by atoms with Gasteiger partial charge in [0.25, 0.3) is 0 Å². The number of methoxy groups -OCH3 is 3. The Bertz CT molecular complexity index is 499. The summed E-state index contributed by atoms with van der Waals surface area (Å²) in [6.07, 6.45) is 4.95. The highest BCUT2D eigenvalue weighted by molar-refractivity contribution is 5.56.